The summed E-state index contributed by atoms with van der Waals surface area (Å²) in [4.78, 5) is 38.1. The molecular formula is C21H23N3O3. The van der Waals surface area contributed by atoms with Crippen molar-refractivity contribution >= 4 is 29.1 Å². The molecule has 0 spiro atoms. The van der Waals surface area contributed by atoms with E-state index in [-0.39, 0.29) is 24.3 Å². The molecule has 2 aromatic rings. The number of hydrogen-bond acceptors (Lipinski definition) is 3. The average Bonchev–Trinajstić information content (AvgIpc) is 3.09. The number of rotatable bonds is 5. The minimum atomic E-state index is -0.348. The molecule has 0 atom stereocenters. The maximum atomic E-state index is 12.4. The van der Waals surface area contributed by atoms with E-state index in [4.69, 9.17) is 0 Å². The van der Waals surface area contributed by atoms with Gasteiger partial charge in [-0.25, -0.2) is 0 Å². The Morgan fingerprint density at radius 1 is 1.11 bits per heavy atom. The Balaban J connectivity index is 1.60. The lowest BCUT2D eigenvalue weighted by Gasteiger charge is -2.16. The maximum Gasteiger partial charge on any atom is 0.251 e. The number of amides is 3. The number of anilines is 2. The van der Waals surface area contributed by atoms with Gasteiger partial charge in [-0.2, -0.15) is 0 Å². The van der Waals surface area contributed by atoms with Gasteiger partial charge < -0.3 is 15.5 Å². The average molecular weight is 365 g/mol. The topological polar surface area (TPSA) is 78.5 Å². The van der Waals surface area contributed by atoms with E-state index in [2.05, 4.69) is 10.6 Å². The highest BCUT2D eigenvalue weighted by Crippen LogP contribution is 2.22. The third kappa shape index (κ3) is 4.34. The molecule has 0 bridgehead atoms. The zero-order valence-electron chi connectivity index (χ0n) is 15.5. The third-order valence-electron chi connectivity index (χ3n) is 4.78. The van der Waals surface area contributed by atoms with Crippen LogP contribution in [-0.4, -0.2) is 30.8 Å². The van der Waals surface area contributed by atoms with Gasteiger partial charge in [0.15, 0.2) is 0 Å². The van der Waals surface area contributed by atoms with Crippen molar-refractivity contribution in [3.8, 4) is 0 Å². The number of carbonyl (C=O) groups is 3. The summed E-state index contributed by atoms with van der Waals surface area (Å²) >= 11 is 0. The van der Waals surface area contributed by atoms with Crippen molar-refractivity contribution in [2.75, 3.05) is 23.3 Å². The molecule has 2 aromatic carbocycles. The van der Waals surface area contributed by atoms with Gasteiger partial charge in [-0.3, -0.25) is 14.4 Å². The highest BCUT2D eigenvalue weighted by molar-refractivity contribution is 6.01. The molecule has 6 heteroatoms. The van der Waals surface area contributed by atoms with Crippen LogP contribution in [0.15, 0.2) is 42.5 Å². The molecule has 140 valence electrons. The molecule has 27 heavy (non-hydrogen) atoms. The Morgan fingerprint density at radius 3 is 2.63 bits per heavy atom. The summed E-state index contributed by atoms with van der Waals surface area (Å²) in [5, 5.41) is 5.44. The molecule has 1 aliphatic rings. The standard InChI is InChI=1S/C21H23N3O3/c1-14-6-3-9-18(15(14)2)23-19(25)13-22-21(27)16-7-4-8-17(12-16)24-11-5-10-20(24)26/h3-4,6-9,12H,5,10-11,13H2,1-2H3,(H,22,27)(H,23,25). The fraction of sp³-hybridized carbons (Fsp3) is 0.286. The first-order valence-electron chi connectivity index (χ1n) is 9.00. The lowest BCUT2D eigenvalue weighted by Crippen LogP contribution is -2.33. The molecule has 1 saturated heterocycles. The fourth-order valence-electron chi connectivity index (χ4n) is 3.08. The van der Waals surface area contributed by atoms with Gasteiger partial charge in [-0.1, -0.05) is 18.2 Å². The van der Waals surface area contributed by atoms with Gasteiger partial charge in [0.2, 0.25) is 11.8 Å². The van der Waals surface area contributed by atoms with Crippen LogP contribution in [0.4, 0.5) is 11.4 Å². The maximum absolute atomic E-state index is 12.4. The van der Waals surface area contributed by atoms with Crippen LogP contribution in [0, 0.1) is 13.8 Å². The Morgan fingerprint density at radius 2 is 1.89 bits per heavy atom. The van der Waals surface area contributed by atoms with Gasteiger partial charge in [0.1, 0.15) is 0 Å². The second-order valence-corrected chi connectivity index (χ2v) is 6.68. The molecule has 1 fully saturated rings. The van der Waals surface area contributed by atoms with Crippen molar-refractivity contribution in [1.82, 2.24) is 5.32 Å². The first kappa shape index (κ1) is 18.6. The van der Waals surface area contributed by atoms with Crippen LogP contribution in [0.5, 0.6) is 0 Å². The van der Waals surface area contributed by atoms with Gasteiger partial charge in [-0.15, -0.1) is 0 Å². The van der Waals surface area contributed by atoms with Gasteiger partial charge in [-0.05, 0) is 55.7 Å². The predicted octanol–water partition coefficient (Wildman–Crippen LogP) is 2.80. The molecule has 6 nitrogen and oxygen atoms in total. The van der Waals surface area contributed by atoms with E-state index >= 15 is 0 Å². The van der Waals surface area contributed by atoms with Crippen LogP contribution >= 0.6 is 0 Å². The second-order valence-electron chi connectivity index (χ2n) is 6.68. The van der Waals surface area contributed by atoms with Gasteiger partial charge in [0.05, 0.1) is 6.54 Å². The van der Waals surface area contributed by atoms with Crippen molar-refractivity contribution in [2.24, 2.45) is 0 Å². The van der Waals surface area contributed by atoms with Crippen molar-refractivity contribution in [1.29, 1.82) is 0 Å². The Hall–Kier alpha value is -3.15. The summed E-state index contributed by atoms with van der Waals surface area (Å²) < 4.78 is 0. The van der Waals surface area contributed by atoms with Crippen molar-refractivity contribution < 1.29 is 14.4 Å². The van der Waals surface area contributed by atoms with Crippen LogP contribution in [0.1, 0.15) is 34.3 Å². The Bertz CT molecular complexity index is 892. The highest BCUT2D eigenvalue weighted by atomic mass is 16.2. The van der Waals surface area contributed by atoms with Crippen LogP contribution < -0.4 is 15.5 Å². The minimum Gasteiger partial charge on any atom is -0.343 e. The predicted molar refractivity (Wildman–Crippen MR) is 105 cm³/mol. The highest BCUT2D eigenvalue weighted by Gasteiger charge is 2.22. The number of nitrogens with zero attached hydrogens (tertiary/aromatic N) is 1. The monoisotopic (exact) mass is 365 g/mol. The molecule has 0 aliphatic carbocycles. The summed E-state index contributed by atoms with van der Waals surface area (Å²) in [5.74, 6) is -0.567. The second kappa shape index (κ2) is 8.03. The summed E-state index contributed by atoms with van der Waals surface area (Å²) in [6.45, 7) is 4.46. The largest absolute Gasteiger partial charge is 0.343 e. The molecule has 0 radical (unpaired) electrons. The number of benzene rings is 2. The Labute approximate surface area is 158 Å². The SMILES string of the molecule is Cc1cccc(NC(=O)CNC(=O)c2cccc(N3CCCC3=O)c2)c1C. The number of carbonyl (C=O) groups excluding carboxylic acids is 3. The van der Waals surface area contributed by atoms with Crippen molar-refractivity contribution in [2.45, 2.75) is 26.7 Å². The summed E-state index contributed by atoms with van der Waals surface area (Å²) in [6, 6.07) is 12.6. The molecule has 2 N–H and O–H groups in total. The van der Waals surface area contributed by atoms with Crippen LogP contribution in [0.2, 0.25) is 0 Å². The molecule has 3 amide bonds. The van der Waals surface area contributed by atoms with E-state index in [9.17, 15) is 14.4 Å². The smallest absolute Gasteiger partial charge is 0.251 e. The molecule has 3 rings (SSSR count). The van der Waals surface area contributed by atoms with E-state index in [1.807, 2.05) is 38.1 Å². The van der Waals surface area contributed by atoms with E-state index < -0.39 is 0 Å². The first-order valence-corrected chi connectivity index (χ1v) is 9.00. The van der Waals surface area contributed by atoms with E-state index in [0.717, 1.165) is 23.2 Å². The molecule has 1 heterocycles. The van der Waals surface area contributed by atoms with E-state index in [1.165, 1.54) is 0 Å². The van der Waals surface area contributed by atoms with Crippen molar-refractivity contribution in [3.63, 3.8) is 0 Å². The third-order valence-corrected chi connectivity index (χ3v) is 4.78. The molecule has 0 unspecified atom stereocenters. The van der Waals surface area contributed by atoms with Gasteiger partial charge in [0.25, 0.3) is 5.91 Å². The van der Waals surface area contributed by atoms with Crippen LogP contribution in [0.25, 0.3) is 0 Å². The fourth-order valence-corrected chi connectivity index (χ4v) is 3.08. The van der Waals surface area contributed by atoms with Crippen molar-refractivity contribution in [3.05, 3.63) is 59.2 Å². The molecule has 0 aromatic heterocycles. The van der Waals surface area contributed by atoms with E-state index in [1.54, 1.807) is 23.1 Å². The van der Waals surface area contributed by atoms with Gasteiger partial charge in [0, 0.05) is 29.9 Å². The molecule has 1 aliphatic heterocycles. The minimum absolute atomic E-state index is 0.0699. The van der Waals surface area contributed by atoms with E-state index in [0.29, 0.717) is 24.2 Å². The quantitative estimate of drug-likeness (QED) is 0.855. The molecular weight excluding hydrogens is 342 g/mol. The lowest BCUT2D eigenvalue weighted by molar-refractivity contribution is -0.117. The molecule has 0 saturated carbocycles. The summed E-state index contributed by atoms with van der Waals surface area (Å²) in [5.41, 5.74) is 3.96. The van der Waals surface area contributed by atoms with Gasteiger partial charge >= 0.3 is 0 Å². The zero-order chi connectivity index (χ0) is 19.4. The van der Waals surface area contributed by atoms with Crippen LogP contribution in [0.3, 0.4) is 0 Å². The summed E-state index contributed by atoms with van der Waals surface area (Å²) in [7, 11) is 0. The Kier molecular flexibility index (Phi) is 5.54. The first-order chi connectivity index (χ1) is 13.0. The number of nitrogens with one attached hydrogen (secondary N) is 2. The summed E-state index contributed by atoms with van der Waals surface area (Å²) in [6.07, 6.45) is 1.36. The van der Waals surface area contributed by atoms with Crippen LogP contribution in [-0.2, 0) is 9.59 Å². The number of aryl methyl sites for hydroxylation is 1. The zero-order valence-corrected chi connectivity index (χ0v) is 15.5. The number of hydrogen-bond donors (Lipinski definition) is 2. The normalized spacial score (nSPS) is 13.6. The lowest BCUT2D eigenvalue weighted by atomic mass is 10.1.